The molecule has 0 atom stereocenters. The van der Waals surface area contributed by atoms with Crippen molar-refractivity contribution in [3.63, 3.8) is 0 Å². The van der Waals surface area contributed by atoms with Crippen molar-refractivity contribution in [2.45, 2.75) is 44.9 Å². The summed E-state index contributed by atoms with van der Waals surface area (Å²) < 4.78 is 18.7. The van der Waals surface area contributed by atoms with Gasteiger partial charge in [-0.05, 0) is 57.5 Å². The highest BCUT2D eigenvalue weighted by Gasteiger charge is 2.08. The molecular weight excluding hydrogens is 253 g/mol. The minimum Gasteiger partial charge on any atom is -0.491 e. The van der Waals surface area contributed by atoms with Gasteiger partial charge in [-0.3, -0.25) is 0 Å². The Labute approximate surface area is 121 Å². The fraction of sp³-hybridized carbons (Fsp3) is 0.647. The summed E-state index contributed by atoms with van der Waals surface area (Å²) in [6.07, 6.45) is 8.85. The predicted octanol–water partition coefficient (Wildman–Crippen LogP) is 4.25. The summed E-state index contributed by atoms with van der Waals surface area (Å²) in [5.74, 6) is 0.110. The van der Waals surface area contributed by atoms with Crippen LogP contribution in [0.5, 0.6) is 5.75 Å². The van der Waals surface area contributed by atoms with Crippen LogP contribution in [0.3, 0.4) is 0 Å². The molecule has 1 aliphatic rings. The maximum atomic E-state index is 13.3. The third-order valence-corrected chi connectivity index (χ3v) is 3.91. The van der Waals surface area contributed by atoms with Crippen molar-refractivity contribution in [2.24, 2.45) is 0 Å². The summed E-state index contributed by atoms with van der Waals surface area (Å²) in [6.45, 7) is 4.44. The van der Waals surface area contributed by atoms with Crippen LogP contribution in [0.1, 0.15) is 44.9 Å². The molecular formula is C17H26FNO. The first kappa shape index (κ1) is 15.3. The smallest absolute Gasteiger partial charge is 0.165 e. The van der Waals surface area contributed by atoms with Crippen molar-refractivity contribution in [2.75, 3.05) is 26.2 Å². The number of likely N-dealkylation sites (tertiary alicyclic amines) is 1. The second-order valence-electron chi connectivity index (χ2n) is 5.60. The Morgan fingerprint density at radius 2 is 1.70 bits per heavy atom. The maximum Gasteiger partial charge on any atom is 0.165 e. The maximum absolute atomic E-state index is 13.3. The molecule has 0 aromatic heterocycles. The monoisotopic (exact) mass is 279 g/mol. The second kappa shape index (κ2) is 8.96. The Kier molecular flexibility index (Phi) is 6.85. The zero-order valence-electron chi connectivity index (χ0n) is 12.3. The quantitative estimate of drug-likeness (QED) is 0.660. The van der Waals surface area contributed by atoms with Crippen LogP contribution < -0.4 is 4.74 Å². The fourth-order valence-corrected chi connectivity index (χ4v) is 2.72. The topological polar surface area (TPSA) is 12.5 Å². The van der Waals surface area contributed by atoms with Crippen LogP contribution in [0.15, 0.2) is 24.3 Å². The third-order valence-electron chi connectivity index (χ3n) is 3.91. The number of unbranched alkanes of at least 4 members (excludes halogenated alkanes) is 3. The zero-order valence-corrected chi connectivity index (χ0v) is 12.3. The van der Waals surface area contributed by atoms with E-state index in [-0.39, 0.29) is 5.82 Å². The Balaban J connectivity index is 1.46. The molecule has 1 aliphatic heterocycles. The summed E-state index contributed by atoms with van der Waals surface area (Å²) in [4.78, 5) is 2.58. The molecule has 0 spiro atoms. The van der Waals surface area contributed by atoms with Crippen LogP contribution >= 0.6 is 0 Å². The molecule has 0 N–H and O–H groups in total. The van der Waals surface area contributed by atoms with Gasteiger partial charge < -0.3 is 9.64 Å². The van der Waals surface area contributed by atoms with Gasteiger partial charge in [-0.25, -0.2) is 4.39 Å². The lowest BCUT2D eigenvalue weighted by molar-refractivity contribution is 0.222. The van der Waals surface area contributed by atoms with E-state index in [1.807, 2.05) is 0 Å². The Bertz CT molecular complexity index is 377. The van der Waals surface area contributed by atoms with Crippen LogP contribution in [0.4, 0.5) is 4.39 Å². The number of piperidine rings is 1. The van der Waals surface area contributed by atoms with Gasteiger partial charge in [0, 0.05) is 0 Å². The lowest BCUT2D eigenvalue weighted by Crippen LogP contribution is -2.30. The molecule has 1 heterocycles. The van der Waals surface area contributed by atoms with E-state index in [0.29, 0.717) is 12.4 Å². The van der Waals surface area contributed by atoms with Gasteiger partial charge in [0.1, 0.15) is 0 Å². The molecule has 2 nitrogen and oxygen atoms in total. The third kappa shape index (κ3) is 5.49. The van der Waals surface area contributed by atoms with E-state index in [0.717, 1.165) is 6.42 Å². The fourth-order valence-electron chi connectivity index (χ4n) is 2.72. The van der Waals surface area contributed by atoms with Crippen LogP contribution in [0, 0.1) is 5.82 Å². The van der Waals surface area contributed by atoms with Crippen molar-refractivity contribution < 1.29 is 9.13 Å². The van der Waals surface area contributed by atoms with E-state index in [1.54, 1.807) is 18.2 Å². The van der Waals surface area contributed by atoms with E-state index < -0.39 is 0 Å². The molecule has 1 saturated heterocycles. The highest BCUT2D eigenvalue weighted by molar-refractivity contribution is 5.23. The van der Waals surface area contributed by atoms with Gasteiger partial charge in [0.05, 0.1) is 6.61 Å². The minimum absolute atomic E-state index is 0.266. The lowest BCUT2D eigenvalue weighted by Gasteiger charge is -2.26. The van der Waals surface area contributed by atoms with E-state index in [1.165, 1.54) is 64.2 Å². The van der Waals surface area contributed by atoms with Crippen LogP contribution in [-0.2, 0) is 0 Å². The summed E-state index contributed by atoms with van der Waals surface area (Å²) >= 11 is 0. The molecule has 112 valence electrons. The van der Waals surface area contributed by atoms with Crippen LogP contribution in [-0.4, -0.2) is 31.1 Å². The van der Waals surface area contributed by atoms with Crippen molar-refractivity contribution in [1.82, 2.24) is 4.90 Å². The minimum atomic E-state index is -0.266. The van der Waals surface area contributed by atoms with Gasteiger partial charge in [0.2, 0.25) is 0 Å². The molecule has 0 amide bonds. The largest absolute Gasteiger partial charge is 0.491 e. The Hall–Kier alpha value is -1.09. The molecule has 0 radical (unpaired) electrons. The summed E-state index contributed by atoms with van der Waals surface area (Å²) in [7, 11) is 0. The first-order chi connectivity index (χ1) is 9.86. The van der Waals surface area contributed by atoms with Crippen molar-refractivity contribution in [3.05, 3.63) is 30.1 Å². The normalized spacial score (nSPS) is 16.2. The van der Waals surface area contributed by atoms with Crippen molar-refractivity contribution >= 4 is 0 Å². The van der Waals surface area contributed by atoms with Gasteiger partial charge in [0.15, 0.2) is 11.6 Å². The predicted molar refractivity (Wildman–Crippen MR) is 80.7 cm³/mol. The van der Waals surface area contributed by atoms with Gasteiger partial charge in [0.25, 0.3) is 0 Å². The number of ether oxygens (including phenoxy) is 1. The summed E-state index contributed by atoms with van der Waals surface area (Å²) in [6, 6.07) is 6.61. The lowest BCUT2D eigenvalue weighted by atomic mass is 10.1. The Morgan fingerprint density at radius 3 is 2.50 bits per heavy atom. The van der Waals surface area contributed by atoms with E-state index in [4.69, 9.17) is 4.74 Å². The zero-order chi connectivity index (χ0) is 14.0. The summed E-state index contributed by atoms with van der Waals surface area (Å²) in [5, 5.41) is 0. The molecule has 0 bridgehead atoms. The molecule has 0 saturated carbocycles. The van der Waals surface area contributed by atoms with Gasteiger partial charge in [-0.15, -0.1) is 0 Å². The molecule has 0 unspecified atom stereocenters. The van der Waals surface area contributed by atoms with Gasteiger partial charge in [-0.2, -0.15) is 0 Å². The first-order valence-corrected chi connectivity index (χ1v) is 7.96. The number of benzene rings is 1. The number of nitrogens with zero attached hydrogens (tertiary/aromatic N) is 1. The van der Waals surface area contributed by atoms with E-state index in [2.05, 4.69) is 4.90 Å². The van der Waals surface area contributed by atoms with Gasteiger partial charge >= 0.3 is 0 Å². The van der Waals surface area contributed by atoms with Crippen molar-refractivity contribution in [1.29, 1.82) is 0 Å². The van der Waals surface area contributed by atoms with Crippen LogP contribution in [0.25, 0.3) is 0 Å². The molecule has 20 heavy (non-hydrogen) atoms. The number of hydrogen-bond acceptors (Lipinski definition) is 2. The molecule has 0 aliphatic carbocycles. The first-order valence-electron chi connectivity index (χ1n) is 7.96. The molecule has 2 rings (SSSR count). The average molecular weight is 279 g/mol. The highest BCUT2D eigenvalue weighted by atomic mass is 19.1. The average Bonchev–Trinajstić information content (AvgIpc) is 2.49. The van der Waals surface area contributed by atoms with E-state index in [9.17, 15) is 4.39 Å². The molecule has 1 fully saturated rings. The highest BCUT2D eigenvalue weighted by Crippen LogP contribution is 2.16. The summed E-state index contributed by atoms with van der Waals surface area (Å²) in [5.41, 5.74) is 0. The molecule has 3 heteroatoms. The van der Waals surface area contributed by atoms with Crippen LogP contribution in [0.2, 0.25) is 0 Å². The van der Waals surface area contributed by atoms with Crippen molar-refractivity contribution in [3.8, 4) is 5.75 Å². The molecule has 1 aromatic carbocycles. The van der Waals surface area contributed by atoms with Gasteiger partial charge in [-0.1, -0.05) is 31.4 Å². The number of halogens is 1. The number of rotatable bonds is 8. The Morgan fingerprint density at radius 1 is 0.950 bits per heavy atom. The number of hydrogen-bond donors (Lipinski definition) is 0. The number of para-hydroxylation sites is 1. The molecule has 1 aromatic rings. The SMILES string of the molecule is Fc1ccccc1OCCCCCCN1CCCCC1. The second-order valence-corrected chi connectivity index (χ2v) is 5.60. The standard InChI is InChI=1S/C17H26FNO/c18-16-10-4-5-11-17(16)20-15-9-2-1-6-12-19-13-7-3-8-14-19/h4-5,10-11H,1-3,6-9,12-15H2. The van der Waals surface area contributed by atoms with E-state index >= 15 is 0 Å².